The van der Waals surface area contributed by atoms with Crippen LogP contribution in [-0.4, -0.2) is 121 Å². The Morgan fingerprint density at radius 3 is 2.51 bits per heavy atom. The van der Waals surface area contributed by atoms with Crippen LogP contribution in [0.15, 0.2) is 68.8 Å². The van der Waals surface area contributed by atoms with Crippen LogP contribution in [0.4, 0.5) is 5.69 Å². The molecule has 3 aromatic rings. The van der Waals surface area contributed by atoms with Gasteiger partial charge in [-0.15, -0.1) is 11.3 Å². The second-order valence-corrected chi connectivity index (χ2v) is 21.8. The lowest BCUT2D eigenvalue weighted by atomic mass is 9.85. The zero-order valence-corrected chi connectivity index (χ0v) is 43.3. The van der Waals surface area contributed by atoms with E-state index in [0.717, 1.165) is 116 Å². The first-order valence-electron chi connectivity index (χ1n) is 24.3. The molecule has 3 amide bonds. The van der Waals surface area contributed by atoms with E-state index < -0.39 is 6.04 Å². The zero-order valence-electron chi connectivity index (χ0n) is 41.0. The molecule has 2 atom stereocenters. The first kappa shape index (κ1) is 53.0. The molecule has 3 aliphatic heterocycles. The summed E-state index contributed by atoms with van der Waals surface area (Å²) in [4.78, 5) is 62.4. The Hall–Kier alpha value is -4.32. The summed E-state index contributed by atoms with van der Waals surface area (Å²) in [7, 11) is 1.81. The van der Waals surface area contributed by atoms with Gasteiger partial charge in [0.2, 0.25) is 17.7 Å². The van der Waals surface area contributed by atoms with Crippen LogP contribution in [0.1, 0.15) is 96.7 Å². The number of anilines is 1. The number of amides is 3. The molecule has 68 heavy (non-hydrogen) atoms. The minimum absolute atomic E-state index is 0.0303. The fourth-order valence-corrected chi connectivity index (χ4v) is 11.2. The SMILES string of the molecule is C=N/C(=C\N=C(CN)Sc1cccc(NC(=O)CC2CCN(CCCOc3cc(-c4scnc4C)ccc3CNC(=O)[C@@H]3CCCCN3C(=O)C(NC)C(C)(C)C)CC2)c1Cl)N1CCC(C)CC1. The average molecular weight is 990 g/mol. The number of nitrogens with zero attached hydrogens (tertiary/aromatic N) is 6. The number of nitrogens with two attached hydrogens (primary N) is 1. The summed E-state index contributed by atoms with van der Waals surface area (Å²) in [6.07, 6.45) is 9.48. The van der Waals surface area contributed by atoms with E-state index in [-0.39, 0.29) is 48.2 Å². The highest BCUT2D eigenvalue weighted by Gasteiger charge is 2.39. The first-order chi connectivity index (χ1) is 32.7. The van der Waals surface area contributed by atoms with Gasteiger partial charge in [0, 0.05) is 56.1 Å². The van der Waals surface area contributed by atoms with Crippen molar-refractivity contribution in [3.63, 3.8) is 0 Å². The maximum Gasteiger partial charge on any atom is 0.243 e. The molecule has 0 saturated carbocycles. The van der Waals surface area contributed by atoms with Crippen molar-refractivity contribution in [3.8, 4) is 16.2 Å². The van der Waals surface area contributed by atoms with Gasteiger partial charge in [0.15, 0.2) is 0 Å². The molecule has 0 bridgehead atoms. The van der Waals surface area contributed by atoms with Crippen LogP contribution >= 0.6 is 34.7 Å². The molecule has 0 aliphatic carbocycles. The number of thioether (sulfide) groups is 1. The first-order valence-corrected chi connectivity index (χ1v) is 26.3. The van der Waals surface area contributed by atoms with Gasteiger partial charge >= 0.3 is 0 Å². The minimum atomic E-state index is -0.515. The highest BCUT2D eigenvalue weighted by molar-refractivity contribution is 8.14. The largest absolute Gasteiger partial charge is 0.493 e. The average Bonchev–Trinajstić information content (AvgIpc) is 3.76. The molecule has 2 aromatic carbocycles. The van der Waals surface area contributed by atoms with Crippen molar-refractivity contribution in [1.82, 2.24) is 30.3 Å². The molecule has 14 nitrogen and oxygen atoms in total. The molecular weight excluding hydrogens is 916 g/mol. The van der Waals surface area contributed by atoms with Gasteiger partial charge in [-0.1, -0.05) is 69.3 Å². The number of thiazole rings is 1. The van der Waals surface area contributed by atoms with E-state index in [2.05, 4.69) is 66.5 Å². The van der Waals surface area contributed by atoms with Gasteiger partial charge in [-0.2, -0.15) is 0 Å². The number of halogens is 1. The van der Waals surface area contributed by atoms with E-state index in [9.17, 15) is 14.4 Å². The molecule has 6 rings (SSSR count). The summed E-state index contributed by atoms with van der Waals surface area (Å²) in [5.41, 5.74) is 11.1. The van der Waals surface area contributed by atoms with E-state index in [4.69, 9.17) is 22.1 Å². The van der Waals surface area contributed by atoms with Crippen molar-refractivity contribution in [2.24, 2.45) is 33.0 Å². The smallest absolute Gasteiger partial charge is 0.243 e. The molecule has 4 heterocycles. The van der Waals surface area contributed by atoms with Crippen LogP contribution in [0.5, 0.6) is 5.75 Å². The zero-order chi connectivity index (χ0) is 48.8. The van der Waals surface area contributed by atoms with E-state index >= 15 is 0 Å². The second kappa shape index (κ2) is 25.5. The van der Waals surface area contributed by atoms with Crippen molar-refractivity contribution in [2.75, 3.05) is 64.8 Å². The summed E-state index contributed by atoms with van der Waals surface area (Å²) in [6.45, 7) is 20.3. The van der Waals surface area contributed by atoms with Gasteiger partial charge in [-0.05, 0) is 126 Å². The molecule has 0 radical (unpaired) electrons. The van der Waals surface area contributed by atoms with E-state index in [1.165, 1.54) is 11.8 Å². The van der Waals surface area contributed by atoms with E-state index in [1.54, 1.807) is 29.5 Å². The van der Waals surface area contributed by atoms with Crippen molar-refractivity contribution in [3.05, 3.63) is 70.2 Å². The lowest BCUT2D eigenvalue weighted by Gasteiger charge is -2.40. The predicted octanol–water partition coefficient (Wildman–Crippen LogP) is 8.59. The Bertz CT molecular complexity index is 2250. The van der Waals surface area contributed by atoms with Crippen molar-refractivity contribution >= 4 is 69.9 Å². The lowest BCUT2D eigenvalue weighted by Crippen LogP contribution is -2.59. The van der Waals surface area contributed by atoms with E-state index in [1.807, 2.05) is 57.5 Å². The number of ether oxygens (including phenoxy) is 1. The summed E-state index contributed by atoms with van der Waals surface area (Å²) in [5, 5.41) is 10.5. The number of nitrogens with one attached hydrogen (secondary N) is 3. The van der Waals surface area contributed by atoms with Crippen molar-refractivity contribution in [2.45, 2.75) is 116 Å². The summed E-state index contributed by atoms with van der Waals surface area (Å²) in [6, 6.07) is 10.8. The fraction of sp³-hybridized carbons (Fsp3) is 0.569. The lowest BCUT2D eigenvalue weighted by molar-refractivity contribution is -0.145. The third-order valence-electron chi connectivity index (χ3n) is 13.3. The Labute approximate surface area is 417 Å². The third kappa shape index (κ3) is 14.6. The monoisotopic (exact) mass is 988 g/mol. The van der Waals surface area contributed by atoms with E-state index in [0.29, 0.717) is 47.7 Å². The minimum Gasteiger partial charge on any atom is -0.493 e. The quantitative estimate of drug-likeness (QED) is 0.0395. The number of benzene rings is 2. The summed E-state index contributed by atoms with van der Waals surface area (Å²) < 4.78 is 6.50. The number of piperidine rings is 3. The van der Waals surface area contributed by atoms with Gasteiger partial charge in [-0.3, -0.25) is 14.4 Å². The summed E-state index contributed by atoms with van der Waals surface area (Å²) >= 11 is 9.82. The van der Waals surface area contributed by atoms with Crippen LogP contribution in [0, 0.1) is 24.2 Å². The molecule has 17 heteroatoms. The maximum absolute atomic E-state index is 13.8. The molecule has 1 unspecified atom stereocenters. The highest BCUT2D eigenvalue weighted by Crippen LogP contribution is 2.36. The highest BCUT2D eigenvalue weighted by atomic mass is 35.5. The Kier molecular flexibility index (Phi) is 19.9. The number of hydrogen-bond acceptors (Lipinski definition) is 13. The molecule has 3 aliphatic rings. The van der Waals surface area contributed by atoms with Crippen molar-refractivity contribution in [1.29, 1.82) is 0 Å². The number of hydrogen-bond donors (Lipinski definition) is 4. The van der Waals surface area contributed by atoms with Crippen molar-refractivity contribution < 1.29 is 19.1 Å². The van der Waals surface area contributed by atoms with Gasteiger partial charge in [-0.25, -0.2) is 15.0 Å². The van der Waals surface area contributed by atoms with Crippen LogP contribution in [-0.2, 0) is 20.9 Å². The predicted molar refractivity (Wildman–Crippen MR) is 280 cm³/mol. The molecule has 3 fully saturated rings. The maximum atomic E-state index is 13.8. The second-order valence-electron chi connectivity index (χ2n) is 19.4. The molecule has 370 valence electrons. The standard InChI is InChI=1S/C51H73ClN10O4S2/c1-34-17-25-61(26-18-34)43(54-6)32-56-45(30-53)68-42-14-10-12-39(46(42)52)59-44(63)28-36-19-23-60(24-20-36)21-11-27-66-41-29-37(47-35(2)58-33-67-47)15-16-38(41)31-57-49(64)40-13-8-9-22-62(40)50(65)48(55-7)51(3,4)5/h10,12,14-16,29,32-34,36,40,48,55H,6,8-9,11,13,17-28,30-31,53H2,1-5,7H3,(H,57,64)(H,59,63)/b43-32+,56-45?/t40-,48?/m0/s1. The van der Waals surface area contributed by atoms with Crippen LogP contribution < -0.4 is 26.4 Å². The molecule has 5 N–H and O–H groups in total. The topological polar surface area (TPSA) is 170 Å². The normalized spacial score (nSPS) is 18.6. The Morgan fingerprint density at radius 1 is 1.07 bits per heavy atom. The summed E-state index contributed by atoms with van der Waals surface area (Å²) in [5.74, 6) is 2.22. The third-order valence-corrected chi connectivity index (χ3v) is 15.9. The molecular formula is C51H73ClN10O4S2. The number of carbonyl (C=O) groups excluding carboxylic acids is 3. The molecule has 1 aromatic heterocycles. The van der Waals surface area contributed by atoms with Gasteiger partial charge in [0.25, 0.3) is 0 Å². The van der Waals surface area contributed by atoms with Gasteiger partial charge in [0.1, 0.15) is 17.6 Å². The number of carbonyl (C=O) groups is 3. The molecule has 0 spiro atoms. The number of aromatic nitrogens is 1. The molecule has 3 saturated heterocycles. The Balaban J connectivity index is 0.977. The number of aryl methyl sites for hydroxylation is 1. The fourth-order valence-electron chi connectivity index (χ4n) is 9.29. The van der Waals surface area contributed by atoms with Crippen LogP contribution in [0.25, 0.3) is 10.4 Å². The van der Waals surface area contributed by atoms with Crippen LogP contribution in [0.3, 0.4) is 0 Å². The number of likely N-dealkylation sites (N-methyl/N-ethyl adjacent to an activating group) is 1. The Morgan fingerprint density at radius 2 is 1.84 bits per heavy atom. The number of rotatable bonds is 19. The van der Waals surface area contributed by atoms with Gasteiger partial charge in [0.05, 0.1) is 50.7 Å². The van der Waals surface area contributed by atoms with Gasteiger partial charge < -0.3 is 41.1 Å². The number of likely N-dealkylation sites (tertiary alicyclic amines) is 3. The number of aliphatic imine (C=N–C) groups is 2. The van der Waals surface area contributed by atoms with Crippen LogP contribution in [0.2, 0.25) is 5.02 Å².